The van der Waals surface area contributed by atoms with E-state index in [0.29, 0.717) is 39.0 Å². The Morgan fingerprint density at radius 1 is 1.24 bits per heavy atom. The van der Waals surface area contributed by atoms with E-state index in [4.69, 9.17) is 5.26 Å². The maximum atomic E-state index is 12.7. The van der Waals surface area contributed by atoms with Gasteiger partial charge in [0.1, 0.15) is 12.1 Å². The molecule has 0 aromatic rings. The molecule has 0 aliphatic carbocycles. The van der Waals surface area contributed by atoms with Crippen molar-refractivity contribution in [2.24, 2.45) is 0 Å². The maximum absolute atomic E-state index is 12.7. The second kappa shape index (κ2) is 5.91. The van der Waals surface area contributed by atoms with Gasteiger partial charge in [0, 0.05) is 26.2 Å². The van der Waals surface area contributed by atoms with Gasteiger partial charge in [0.05, 0.1) is 11.8 Å². The lowest BCUT2D eigenvalue weighted by Gasteiger charge is -2.50. The second-order valence-corrected chi connectivity index (χ2v) is 7.90. The molecule has 0 radical (unpaired) electrons. The number of rotatable bonds is 3. The minimum atomic E-state index is -3.20. The van der Waals surface area contributed by atoms with E-state index >= 15 is 0 Å². The Balaban J connectivity index is 2.16. The molecule has 0 aromatic heterocycles. The molecule has 0 unspecified atom stereocenters. The van der Waals surface area contributed by atoms with E-state index in [1.807, 2.05) is 18.0 Å². The zero-order valence-electron chi connectivity index (χ0n) is 12.6. The number of carbonyl (C=O) groups excluding carboxylic acids is 1. The summed E-state index contributed by atoms with van der Waals surface area (Å²) >= 11 is 0. The van der Waals surface area contributed by atoms with Gasteiger partial charge in [-0.05, 0) is 26.8 Å². The van der Waals surface area contributed by atoms with Crippen LogP contribution in [0.2, 0.25) is 0 Å². The third-order valence-corrected chi connectivity index (χ3v) is 6.57. The van der Waals surface area contributed by atoms with Gasteiger partial charge in [-0.3, -0.25) is 9.69 Å². The van der Waals surface area contributed by atoms with Crippen molar-refractivity contribution in [1.29, 1.82) is 5.26 Å². The summed E-state index contributed by atoms with van der Waals surface area (Å²) in [6.45, 7) is 3.74. The van der Waals surface area contributed by atoms with Crippen LogP contribution in [0.15, 0.2) is 0 Å². The van der Waals surface area contributed by atoms with Crippen molar-refractivity contribution < 1.29 is 13.2 Å². The van der Waals surface area contributed by atoms with E-state index in [1.165, 1.54) is 4.31 Å². The molecule has 1 amide bonds. The predicted octanol–water partition coefficient (Wildman–Crippen LogP) is -0.532. The first kappa shape index (κ1) is 16.2. The molecule has 1 spiro atoms. The number of likely N-dealkylation sites (N-methyl/N-ethyl adjacent to an activating group) is 1. The number of piperidine rings is 1. The molecule has 7 nitrogen and oxygen atoms in total. The molecule has 2 fully saturated rings. The molecule has 2 saturated heterocycles. The lowest BCUT2D eigenvalue weighted by Crippen LogP contribution is -2.68. The zero-order chi connectivity index (χ0) is 15.7. The Labute approximate surface area is 126 Å². The smallest absolute Gasteiger partial charge is 0.244 e. The third kappa shape index (κ3) is 2.78. The van der Waals surface area contributed by atoms with Crippen molar-refractivity contribution in [2.45, 2.75) is 25.3 Å². The molecule has 2 aliphatic heterocycles. The lowest BCUT2D eigenvalue weighted by molar-refractivity contribution is -0.152. The highest BCUT2D eigenvalue weighted by molar-refractivity contribution is 7.89. The van der Waals surface area contributed by atoms with Gasteiger partial charge >= 0.3 is 0 Å². The van der Waals surface area contributed by atoms with Crippen LogP contribution in [0.1, 0.15) is 19.8 Å². The van der Waals surface area contributed by atoms with Crippen LogP contribution in [0.4, 0.5) is 0 Å². The summed E-state index contributed by atoms with van der Waals surface area (Å²) in [7, 11) is -1.29. The van der Waals surface area contributed by atoms with Gasteiger partial charge in [0.25, 0.3) is 0 Å². The van der Waals surface area contributed by atoms with Crippen molar-refractivity contribution in [2.75, 3.05) is 45.5 Å². The van der Waals surface area contributed by atoms with E-state index in [-0.39, 0.29) is 18.2 Å². The summed E-state index contributed by atoms with van der Waals surface area (Å²) in [4.78, 5) is 16.3. The average Bonchev–Trinajstić information content (AvgIpc) is 2.49. The Morgan fingerprint density at radius 2 is 1.86 bits per heavy atom. The number of sulfonamides is 1. The van der Waals surface area contributed by atoms with E-state index in [2.05, 4.69) is 0 Å². The molecular formula is C13H22N4O3S. The van der Waals surface area contributed by atoms with Crippen molar-refractivity contribution in [3.63, 3.8) is 0 Å². The SMILES string of the molecule is CCS(=O)(=O)N1CCC2(CC1)C(=O)N(CC#N)CCN2C. The van der Waals surface area contributed by atoms with Crippen LogP contribution in [0.5, 0.6) is 0 Å². The van der Waals surface area contributed by atoms with Crippen LogP contribution < -0.4 is 0 Å². The monoisotopic (exact) mass is 314 g/mol. The first-order valence-corrected chi connectivity index (χ1v) is 8.83. The van der Waals surface area contributed by atoms with Crippen LogP contribution in [-0.4, -0.2) is 79.5 Å². The predicted molar refractivity (Wildman–Crippen MR) is 77.8 cm³/mol. The maximum Gasteiger partial charge on any atom is 0.244 e. The Hall–Kier alpha value is -1.17. The minimum Gasteiger partial charge on any atom is -0.326 e. The highest BCUT2D eigenvalue weighted by atomic mass is 32.2. The summed E-state index contributed by atoms with van der Waals surface area (Å²) in [5, 5.41) is 8.82. The Kier molecular flexibility index (Phi) is 4.56. The van der Waals surface area contributed by atoms with Gasteiger partial charge in [-0.1, -0.05) is 0 Å². The van der Waals surface area contributed by atoms with Crippen molar-refractivity contribution in [3.8, 4) is 6.07 Å². The molecule has 118 valence electrons. The Morgan fingerprint density at radius 3 is 2.38 bits per heavy atom. The number of amides is 1. The second-order valence-electron chi connectivity index (χ2n) is 5.64. The van der Waals surface area contributed by atoms with E-state index in [0.717, 1.165) is 0 Å². The topological polar surface area (TPSA) is 84.7 Å². The molecule has 2 rings (SSSR count). The molecule has 0 bridgehead atoms. The summed E-state index contributed by atoms with van der Waals surface area (Å²) in [5.74, 6) is 0.0519. The zero-order valence-corrected chi connectivity index (χ0v) is 13.4. The van der Waals surface area contributed by atoms with Crippen molar-refractivity contribution in [1.82, 2.24) is 14.1 Å². The molecule has 8 heteroatoms. The first-order valence-electron chi connectivity index (χ1n) is 7.23. The summed E-state index contributed by atoms with van der Waals surface area (Å²) < 4.78 is 25.3. The highest BCUT2D eigenvalue weighted by Crippen LogP contribution is 2.33. The number of nitriles is 1. The average molecular weight is 314 g/mol. The van der Waals surface area contributed by atoms with Crippen LogP contribution in [0.25, 0.3) is 0 Å². The molecule has 2 aliphatic rings. The number of hydrogen-bond donors (Lipinski definition) is 0. The van der Waals surface area contributed by atoms with Gasteiger partial charge in [0.15, 0.2) is 0 Å². The largest absolute Gasteiger partial charge is 0.326 e. The minimum absolute atomic E-state index is 0.0358. The fourth-order valence-corrected chi connectivity index (χ4v) is 4.30. The van der Waals surface area contributed by atoms with E-state index in [1.54, 1.807) is 11.8 Å². The Bertz CT molecular complexity index is 546. The summed E-state index contributed by atoms with van der Waals surface area (Å²) in [6, 6.07) is 2.03. The molecule has 0 N–H and O–H groups in total. The van der Waals surface area contributed by atoms with E-state index in [9.17, 15) is 13.2 Å². The molecule has 2 heterocycles. The molecule has 0 saturated carbocycles. The number of carbonyl (C=O) groups is 1. The number of piperazine rings is 1. The highest BCUT2D eigenvalue weighted by Gasteiger charge is 2.50. The molecular weight excluding hydrogens is 292 g/mol. The van der Waals surface area contributed by atoms with Crippen LogP contribution in [-0.2, 0) is 14.8 Å². The standard InChI is InChI=1S/C13H22N4O3S/c1-3-21(19,20)17-7-4-13(5-8-17)12(18)16(9-6-14)11-10-15(13)2/h3-5,7-11H2,1-2H3. The van der Waals surface area contributed by atoms with Gasteiger partial charge in [-0.15, -0.1) is 0 Å². The van der Waals surface area contributed by atoms with Gasteiger partial charge in [0.2, 0.25) is 15.9 Å². The van der Waals surface area contributed by atoms with Crippen LogP contribution in [0, 0.1) is 11.3 Å². The fourth-order valence-electron chi connectivity index (χ4n) is 3.19. The van der Waals surface area contributed by atoms with Gasteiger partial charge in [-0.2, -0.15) is 5.26 Å². The molecule has 0 aromatic carbocycles. The molecule has 21 heavy (non-hydrogen) atoms. The fraction of sp³-hybridized carbons (Fsp3) is 0.846. The number of nitrogens with zero attached hydrogens (tertiary/aromatic N) is 4. The van der Waals surface area contributed by atoms with Crippen LogP contribution in [0.3, 0.4) is 0 Å². The van der Waals surface area contributed by atoms with Crippen molar-refractivity contribution >= 4 is 15.9 Å². The third-order valence-electron chi connectivity index (χ3n) is 4.69. The van der Waals surface area contributed by atoms with Crippen LogP contribution >= 0.6 is 0 Å². The number of hydrogen-bond acceptors (Lipinski definition) is 5. The first-order chi connectivity index (χ1) is 9.87. The van der Waals surface area contributed by atoms with E-state index < -0.39 is 15.6 Å². The normalized spacial score (nSPS) is 24.2. The molecule has 0 atom stereocenters. The quantitative estimate of drug-likeness (QED) is 0.654. The summed E-state index contributed by atoms with van der Waals surface area (Å²) in [5.41, 5.74) is -0.644. The van der Waals surface area contributed by atoms with Crippen molar-refractivity contribution in [3.05, 3.63) is 0 Å². The summed E-state index contributed by atoms with van der Waals surface area (Å²) in [6.07, 6.45) is 0.979. The lowest BCUT2D eigenvalue weighted by atomic mass is 9.83. The van der Waals surface area contributed by atoms with Gasteiger partial charge in [-0.25, -0.2) is 12.7 Å². The van der Waals surface area contributed by atoms with Gasteiger partial charge < -0.3 is 4.90 Å².